The molecule has 0 spiro atoms. The number of nitrogens with one attached hydrogen (secondary N) is 1. The topological polar surface area (TPSA) is 98.8 Å². The van der Waals surface area contributed by atoms with Crippen LogP contribution in [-0.4, -0.2) is 28.7 Å². The third-order valence-electron chi connectivity index (χ3n) is 4.91. The number of methoxy groups -OCH3 is 1. The Balaban J connectivity index is 1.84. The Morgan fingerprint density at radius 2 is 1.91 bits per heavy atom. The van der Waals surface area contributed by atoms with Crippen molar-refractivity contribution in [2.45, 2.75) is 20.0 Å². The van der Waals surface area contributed by atoms with Crippen molar-refractivity contribution in [2.24, 2.45) is 5.10 Å². The molecule has 11 heteroatoms. The van der Waals surface area contributed by atoms with Crippen LogP contribution in [0.25, 0.3) is 5.69 Å². The molecule has 1 aromatic heterocycles. The van der Waals surface area contributed by atoms with Crippen LogP contribution in [0.4, 0.5) is 18.9 Å². The molecular weight excluding hydrogens is 441 g/mol. The van der Waals surface area contributed by atoms with Crippen LogP contribution >= 0.6 is 0 Å². The van der Waals surface area contributed by atoms with Crippen LogP contribution in [0.5, 0.6) is 5.75 Å². The van der Waals surface area contributed by atoms with E-state index in [1.807, 2.05) is 6.92 Å². The lowest BCUT2D eigenvalue weighted by Crippen LogP contribution is -2.18. The number of ether oxygens (including phenoxy) is 1. The quantitative estimate of drug-likeness (QED) is 0.325. The second-order valence-electron chi connectivity index (χ2n) is 7.05. The van der Waals surface area contributed by atoms with Crippen molar-refractivity contribution < 1.29 is 27.6 Å². The monoisotopic (exact) mass is 460 g/mol. The molecule has 0 aliphatic carbocycles. The maximum Gasteiger partial charge on any atom is 0.416 e. The van der Waals surface area contributed by atoms with Crippen molar-refractivity contribution in [1.29, 1.82) is 0 Å². The first kappa shape index (κ1) is 23.5. The largest absolute Gasteiger partial charge is 0.494 e. The van der Waals surface area contributed by atoms with E-state index in [1.165, 1.54) is 31.5 Å². The maximum atomic E-state index is 12.8. The van der Waals surface area contributed by atoms with Gasteiger partial charge in [-0.25, -0.2) is 5.43 Å². The molecular formula is C22H19F3N4O4. The van der Waals surface area contributed by atoms with Crippen molar-refractivity contribution >= 4 is 17.8 Å². The van der Waals surface area contributed by atoms with Crippen LogP contribution in [0.15, 0.2) is 53.6 Å². The van der Waals surface area contributed by atoms with E-state index in [9.17, 15) is 28.1 Å². The Labute approximate surface area is 186 Å². The number of aryl methyl sites for hydroxylation is 1. The molecule has 1 heterocycles. The van der Waals surface area contributed by atoms with Gasteiger partial charge in [-0.1, -0.05) is 6.07 Å². The zero-order chi connectivity index (χ0) is 24.3. The second-order valence-corrected chi connectivity index (χ2v) is 7.05. The summed E-state index contributed by atoms with van der Waals surface area (Å²) in [5, 5.41) is 14.9. The summed E-state index contributed by atoms with van der Waals surface area (Å²) in [5.74, 6) is -0.490. The van der Waals surface area contributed by atoms with Gasteiger partial charge in [0.05, 0.1) is 35.6 Å². The lowest BCUT2D eigenvalue weighted by atomic mass is 10.1. The Bertz CT molecular complexity index is 1250. The molecule has 0 unspecified atom stereocenters. The van der Waals surface area contributed by atoms with Gasteiger partial charge in [-0.2, -0.15) is 18.3 Å². The molecule has 172 valence electrons. The Kier molecular flexibility index (Phi) is 6.52. The summed E-state index contributed by atoms with van der Waals surface area (Å²) >= 11 is 0. The highest BCUT2D eigenvalue weighted by Gasteiger charge is 2.30. The van der Waals surface area contributed by atoms with Crippen molar-refractivity contribution in [2.75, 3.05) is 7.11 Å². The fraction of sp³-hybridized carbons (Fsp3) is 0.182. The van der Waals surface area contributed by atoms with Gasteiger partial charge < -0.3 is 9.30 Å². The smallest absolute Gasteiger partial charge is 0.416 e. The van der Waals surface area contributed by atoms with Gasteiger partial charge >= 0.3 is 6.18 Å². The maximum absolute atomic E-state index is 12.8. The highest BCUT2D eigenvalue weighted by molar-refractivity contribution is 5.95. The number of nitro groups is 1. The molecule has 0 radical (unpaired) electrons. The SMILES string of the molecule is COc1cc([N+](=O)[O-])ccc1-n1c(C)cc(/C=N/NC(=O)c2cccc(C(F)(F)F)c2)c1C. The van der Waals surface area contributed by atoms with Crippen molar-refractivity contribution in [3.63, 3.8) is 0 Å². The number of aromatic nitrogens is 1. The number of carbonyl (C=O) groups is 1. The third-order valence-corrected chi connectivity index (χ3v) is 4.91. The van der Waals surface area contributed by atoms with Crippen LogP contribution in [0.1, 0.15) is 32.9 Å². The highest BCUT2D eigenvalue weighted by Crippen LogP contribution is 2.31. The first-order valence-corrected chi connectivity index (χ1v) is 9.55. The number of nitrogens with zero attached hydrogens (tertiary/aromatic N) is 3. The molecule has 0 saturated carbocycles. The first-order chi connectivity index (χ1) is 15.5. The van der Waals surface area contributed by atoms with Gasteiger partial charge in [0.25, 0.3) is 11.6 Å². The van der Waals surface area contributed by atoms with Gasteiger partial charge in [0.1, 0.15) is 5.75 Å². The van der Waals surface area contributed by atoms with Gasteiger partial charge in [-0.05, 0) is 44.2 Å². The van der Waals surface area contributed by atoms with Crippen molar-refractivity contribution in [1.82, 2.24) is 9.99 Å². The summed E-state index contributed by atoms with van der Waals surface area (Å²) in [6.45, 7) is 3.59. The summed E-state index contributed by atoms with van der Waals surface area (Å²) in [7, 11) is 1.41. The normalized spacial score (nSPS) is 11.6. The Hall–Kier alpha value is -4.15. The number of rotatable bonds is 6. The van der Waals surface area contributed by atoms with Gasteiger partial charge in [-0.3, -0.25) is 14.9 Å². The molecule has 3 rings (SSSR count). The number of halogens is 3. The minimum absolute atomic E-state index is 0.114. The van der Waals surface area contributed by atoms with Crippen LogP contribution in [0.2, 0.25) is 0 Å². The Morgan fingerprint density at radius 3 is 2.55 bits per heavy atom. The fourth-order valence-electron chi connectivity index (χ4n) is 3.32. The standard InChI is InChI=1S/C22H19F3N4O4/c1-13-9-16(12-26-27-21(30)15-5-4-6-17(10-15)22(23,24)25)14(2)28(13)19-8-7-18(29(31)32)11-20(19)33-3/h4-12H,1-3H3,(H,27,30)/b26-12+. The molecule has 0 aliphatic rings. The van der Waals surface area contributed by atoms with E-state index in [4.69, 9.17) is 4.74 Å². The van der Waals surface area contributed by atoms with Gasteiger partial charge in [0.15, 0.2) is 0 Å². The third kappa shape index (κ3) is 5.03. The molecule has 0 fully saturated rings. The molecule has 33 heavy (non-hydrogen) atoms. The highest BCUT2D eigenvalue weighted by atomic mass is 19.4. The summed E-state index contributed by atoms with van der Waals surface area (Å²) in [5.41, 5.74) is 3.67. The molecule has 1 N–H and O–H groups in total. The predicted molar refractivity (Wildman–Crippen MR) is 115 cm³/mol. The summed E-state index contributed by atoms with van der Waals surface area (Å²) in [6, 6.07) is 10.0. The van der Waals surface area contributed by atoms with Gasteiger partial charge in [0, 0.05) is 28.6 Å². The van der Waals surface area contributed by atoms with E-state index in [0.717, 1.165) is 23.9 Å². The number of hydrogen-bond acceptors (Lipinski definition) is 5. The number of hydrogen-bond donors (Lipinski definition) is 1. The second kappa shape index (κ2) is 9.15. The van der Waals surface area contributed by atoms with Crippen LogP contribution in [0.3, 0.4) is 0 Å². The summed E-state index contributed by atoms with van der Waals surface area (Å²) in [6.07, 6.45) is -3.20. The van der Waals surface area contributed by atoms with E-state index in [0.29, 0.717) is 22.7 Å². The molecule has 0 atom stereocenters. The average molecular weight is 460 g/mol. The van der Waals surface area contributed by atoms with E-state index in [-0.39, 0.29) is 11.3 Å². The zero-order valence-corrected chi connectivity index (χ0v) is 17.8. The number of carbonyl (C=O) groups excluding carboxylic acids is 1. The molecule has 0 bridgehead atoms. The van der Waals surface area contributed by atoms with Gasteiger partial charge in [-0.15, -0.1) is 0 Å². The molecule has 0 aliphatic heterocycles. The van der Waals surface area contributed by atoms with Crippen LogP contribution in [0, 0.1) is 24.0 Å². The van der Waals surface area contributed by atoms with E-state index < -0.39 is 22.6 Å². The summed E-state index contributed by atoms with van der Waals surface area (Å²) < 4.78 is 45.6. The number of amides is 1. The lowest BCUT2D eigenvalue weighted by molar-refractivity contribution is -0.384. The molecule has 8 nitrogen and oxygen atoms in total. The van der Waals surface area contributed by atoms with Crippen molar-refractivity contribution in [3.8, 4) is 11.4 Å². The average Bonchev–Trinajstić information content (AvgIpc) is 3.05. The van der Waals surface area contributed by atoms with Gasteiger partial charge in [0.2, 0.25) is 0 Å². The number of benzene rings is 2. The Morgan fingerprint density at radius 1 is 1.18 bits per heavy atom. The van der Waals surface area contributed by atoms with Crippen molar-refractivity contribution in [3.05, 3.63) is 86.7 Å². The van der Waals surface area contributed by atoms with E-state index >= 15 is 0 Å². The van der Waals surface area contributed by atoms with Crippen LogP contribution < -0.4 is 10.2 Å². The molecule has 3 aromatic rings. The van der Waals surface area contributed by atoms with E-state index in [2.05, 4.69) is 10.5 Å². The number of nitro benzene ring substituents is 1. The molecule has 0 saturated heterocycles. The lowest BCUT2D eigenvalue weighted by Gasteiger charge is -2.13. The summed E-state index contributed by atoms with van der Waals surface area (Å²) in [4.78, 5) is 22.7. The first-order valence-electron chi connectivity index (χ1n) is 9.55. The van der Waals surface area contributed by atoms with E-state index in [1.54, 1.807) is 23.6 Å². The minimum atomic E-state index is -4.56. The molecule has 1 amide bonds. The number of non-ortho nitro benzene ring substituents is 1. The molecule has 2 aromatic carbocycles. The minimum Gasteiger partial charge on any atom is -0.494 e. The fourth-order valence-corrected chi connectivity index (χ4v) is 3.32. The predicted octanol–water partition coefficient (Wildman–Crippen LogP) is 4.79. The number of hydrazone groups is 1. The number of alkyl halides is 3. The van der Waals surface area contributed by atoms with Crippen LogP contribution in [-0.2, 0) is 6.18 Å². The zero-order valence-electron chi connectivity index (χ0n) is 17.8.